The van der Waals surface area contributed by atoms with E-state index in [0.717, 1.165) is 42.2 Å². The number of halogens is 4. The Bertz CT molecular complexity index is 1370. The van der Waals surface area contributed by atoms with E-state index in [1.807, 2.05) is 0 Å². The average Bonchev–Trinajstić information content (AvgIpc) is 2.69. The average molecular weight is 553 g/mol. The molecule has 3 rings (SSSR count). The lowest BCUT2D eigenvalue weighted by Crippen LogP contribution is -2.36. The van der Waals surface area contributed by atoms with Crippen LogP contribution in [0.2, 0.25) is 10.0 Å². The van der Waals surface area contributed by atoms with E-state index in [2.05, 4.69) is 4.98 Å². The van der Waals surface area contributed by atoms with Crippen LogP contribution in [0.25, 0.3) is 0 Å². The summed E-state index contributed by atoms with van der Waals surface area (Å²) in [5.74, 6) is -1.90. The number of aromatic nitrogens is 1. The van der Waals surface area contributed by atoms with Gasteiger partial charge < -0.3 is 0 Å². The Morgan fingerprint density at radius 3 is 2.09 bits per heavy atom. The van der Waals surface area contributed by atoms with E-state index in [-0.39, 0.29) is 19.9 Å². The maximum Gasteiger partial charge on any atom is 0.246 e. The first kappa shape index (κ1) is 25.7. The first-order valence-electron chi connectivity index (χ1n) is 9.00. The molecule has 0 saturated heterocycles. The number of benzene rings is 2. The maximum atomic E-state index is 14.8. The van der Waals surface area contributed by atoms with Crippen molar-refractivity contribution in [2.24, 2.45) is 0 Å². The highest BCUT2D eigenvalue weighted by Crippen LogP contribution is 2.45. The normalized spacial score (nSPS) is 13.0. The predicted molar refractivity (Wildman–Crippen MR) is 127 cm³/mol. The van der Waals surface area contributed by atoms with Crippen LogP contribution in [0, 0.1) is 11.6 Å². The largest absolute Gasteiger partial charge is 0.246 e. The second-order valence-electron chi connectivity index (χ2n) is 6.90. The van der Waals surface area contributed by atoms with Gasteiger partial charge in [-0.1, -0.05) is 23.2 Å². The molecule has 6 nitrogen and oxygen atoms in total. The molecule has 0 N–H and O–H groups in total. The minimum atomic E-state index is -4.29. The second-order valence-corrected chi connectivity index (χ2v) is 12.8. The number of hydrogen-bond acceptors (Lipinski definition) is 6. The first-order chi connectivity index (χ1) is 15.3. The molecular weight excluding hydrogens is 537 g/mol. The quantitative estimate of drug-likeness (QED) is 0.371. The highest BCUT2D eigenvalue weighted by molar-refractivity contribution is 8.09. The predicted octanol–water partition coefficient (Wildman–Crippen LogP) is 5.27. The van der Waals surface area contributed by atoms with E-state index in [0.29, 0.717) is 22.4 Å². The lowest BCUT2D eigenvalue weighted by Gasteiger charge is -2.23. The minimum Gasteiger partial charge on any atom is -0.236 e. The van der Waals surface area contributed by atoms with Gasteiger partial charge in [0.15, 0.2) is 5.82 Å². The molecule has 0 saturated carbocycles. The van der Waals surface area contributed by atoms with Crippen LogP contribution in [-0.4, -0.2) is 34.3 Å². The van der Waals surface area contributed by atoms with Crippen molar-refractivity contribution in [1.82, 2.24) is 4.98 Å². The monoisotopic (exact) mass is 552 g/mol. The molecule has 0 bridgehead atoms. The van der Waals surface area contributed by atoms with Crippen LogP contribution < -0.4 is 3.71 Å². The molecule has 2 aromatic carbocycles. The fourth-order valence-corrected chi connectivity index (χ4v) is 7.43. The van der Waals surface area contributed by atoms with Crippen molar-refractivity contribution >= 4 is 60.8 Å². The minimum absolute atomic E-state index is 0.00386. The number of sulfonamides is 2. The van der Waals surface area contributed by atoms with Gasteiger partial charge in [-0.15, -0.1) is 15.5 Å². The van der Waals surface area contributed by atoms with E-state index in [1.54, 1.807) is 24.3 Å². The zero-order valence-corrected chi connectivity index (χ0v) is 21.0. The molecule has 0 aliphatic rings. The summed E-state index contributed by atoms with van der Waals surface area (Å²) < 4.78 is 77.7. The number of nitrogens with zero attached hydrogens (tertiary/aromatic N) is 2. The zero-order chi connectivity index (χ0) is 24.6. The molecule has 176 valence electrons. The topological polar surface area (TPSA) is 84.4 Å². The van der Waals surface area contributed by atoms with Gasteiger partial charge in [-0.25, -0.2) is 30.6 Å². The lowest BCUT2D eigenvalue weighted by atomic mass is 10.0. The Morgan fingerprint density at radius 1 is 0.909 bits per heavy atom. The molecule has 0 spiro atoms. The van der Waals surface area contributed by atoms with Gasteiger partial charge in [-0.2, -0.15) is 0 Å². The molecule has 0 aliphatic carbocycles. The van der Waals surface area contributed by atoms with Crippen molar-refractivity contribution in [2.45, 2.75) is 10.1 Å². The zero-order valence-electron chi connectivity index (χ0n) is 17.0. The number of hydrogen-bond donors (Lipinski definition) is 0. The van der Waals surface area contributed by atoms with E-state index >= 15 is 0 Å². The fourth-order valence-electron chi connectivity index (χ4n) is 2.99. The van der Waals surface area contributed by atoms with E-state index in [4.69, 9.17) is 23.2 Å². The molecule has 1 heterocycles. The van der Waals surface area contributed by atoms with Gasteiger partial charge in [-0.05, 0) is 54.1 Å². The van der Waals surface area contributed by atoms with Crippen LogP contribution in [0.1, 0.15) is 16.4 Å². The Hall–Kier alpha value is -1.92. The second kappa shape index (κ2) is 9.75. The summed E-state index contributed by atoms with van der Waals surface area (Å²) in [4.78, 5) is 4.46. The number of thioether (sulfide) groups is 1. The van der Waals surface area contributed by atoms with Crippen LogP contribution in [0.15, 0.2) is 59.6 Å². The van der Waals surface area contributed by atoms with Crippen molar-refractivity contribution in [3.05, 3.63) is 87.5 Å². The van der Waals surface area contributed by atoms with Crippen LogP contribution in [0.4, 0.5) is 14.6 Å². The SMILES string of the molecule is CS(=O)(=O)N(c1cc(C(Sc2ccc(Cl)cc2)c2cc(F)ccc2F)c(Cl)cn1)S(C)(=O)=O. The molecular formula is C20H16Cl2F2N2O4S3. The number of pyridine rings is 1. The van der Waals surface area contributed by atoms with Crippen LogP contribution >= 0.6 is 35.0 Å². The van der Waals surface area contributed by atoms with Crippen molar-refractivity contribution in [1.29, 1.82) is 0 Å². The Labute approximate surface area is 204 Å². The number of anilines is 1. The van der Waals surface area contributed by atoms with Crippen LogP contribution in [-0.2, 0) is 20.0 Å². The maximum absolute atomic E-state index is 14.8. The first-order valence-corrected chi connectivity index (χ1v) is 14.3. The molecule has 0 radical (unpaired) electrons. The lowest BCUT2D eigenvalue weighted by molar-refractivity contribution is 0.587. The molecule has 1 atom stereocenters. The highest BCUT2D eigenvalue weighted by Gasteiger charge is 2.31. The van der Waals surface area contributed by atoms with Gasteiger partial charge in [-0.3, -0.25) is 0 Å². The van der Waals surface area contributed by atoms with Crippen LogP contribution in [0.5, 0.6) is 0 Å². The number of rotatable bonds is 7. The van der Waals surface area contributed by atoms with Crippen molar-refractivity contribution in [2.75, 3.05) is 16.2 Å². The fraction of sp³-hybridized carbons (Fsp3) is 0.150. The molecule has 3 aromatic rings. The molecule has 0 aliphatic heterocycles. The van der Waals surface area contributed by atoms with E-state index < -0.39 is 42.7 Å². The summed E-state index contributed by atoms with van der Waals surface area (Å²) in [5.41, 5.74) is 0.0441. The Kier molecular flexibility index (Phi) is 7.59. The summed E-state index contributed by atoms with van der Waals surface area (Å²) in [6, 6.07) is 10.6. The highest BCUT2D eigenvalue weighted by atomic mass is 35.5. The molecule has 0 amide bonds. The summed E-state index contributed by atoms with van der Waals surface area (Å²) in [7, 11) is -8.58. The van der Waals surface area contributed by atoms with Gasteiger partial charge in [0.05, 0.1) is 22.8 Å². The summed E-state index contributed by atoms with van der Waals surface area (Å²) >= 11 is 13.3. The van der Waals surface area contributed by atoms with E-state index in [9.17, 15) is 25.6 Å². The molecule has 13 heteroatoms. The Morgan fingerprint density at radius 2 is 1.52 bits per heavy atom. The molecule has 1 unspecified atom stereocenters. The molecule has 1 aromatic heterocycles. The smallest absolute Gasteiger partial charge is 0.236 e. The van der Waals surface area contributed by atoms with Gasteiger partial charge >= 0.3 is 0 Å². The summed E-state index contributed by atoms with van der Waals surface area (Å²) in [5, 5.41) is -0.526. The van der Waals surface area contributed by atoms with Gasteiger partial charge in [0.25, 0.3) is 0 Å². The Balaban J connectivity index is 2.24. The van der Waals surface area contributed by atoms with E-state index in [1.165, 1.54) is 0 Å². The third kappa shape index (κ3) is 6.15. The standard InChI is InChI=1S/C20H16Cl2F2N2O4S3/c1-32(27,28)26(33(2,29)30)19-10-15(17(22)11-25-19)20(16-9-13(23)5-8-18(16)24)31-14-6-3-12(21)4-7-14/h3-11,20H,1-2H3. The van der Waals surface area contributed by atoms with Gasteiger partial charge in [0, 0.05) is 21.7 Å². The van der Waals surface area contributed by atoms with Gasteiger partial charge in [0.1, 0.15) is 11.6 Å². The molecule has 0 fully saturated rings. The third-order valence-electron chi connectivity index (χ3n) is 4.25. The third-order valence-corrected chi connectivity index (χ3v) is 9.31. The van der Waals surface area contributed by atoms with Crippen molar-refractivity contribution in [3.8, 4) is 0 Å². The summed E-state index contributed by atoms with van der Waals surface area (Å²) in [6.07, 6.45) is 2.47. The summed E-state index contributed by atoms with van der Waals surface area (Å²) in [6.45, 7) is 0. The van der Waals surface area contributed by atoms with Gasteiger partial charge in [0.2, 0.25) is 20.0 Å². The van der Waals surface area contributed by atoms with Crippen molar-refractivity contribution in [3.63, 3.8) is 0 Å². The molecule has 33 heavy (non-hydrogen) atoms. The van der Waals surface area contributed by atoms with Crippen molar-refractivity contribution < 1.29 is 25.6 Å². The van der Waals surface area contributed by atoms with Crippen LogP contribution in [0.3, 0.4) is 0 Å².